The van der Waals surface area contributed by atoms with E-state index in [9.17, 15) is 0 Å². The second-order valence-corrected chi connectivity index (χ2v) is 11.5. The highest BCUT2D eigenvalue weighted by molar-refractivity contribution is 9.11. The van der Waals surface area contributed by atoms with Crippen molar-refractivity contribution in [3.63, 3.8) is 0 Å². The van der Waals surface area contributed by atoms with E-state index in [1.54, 1.807) is 22.7 Å². The van der Waals surface area contributed by atoms with Crippen molar-refractivity contribution in [3.8, 4) is 20.9 Å². The summed E-state index contributed by atoms with van der Waals surface area (Å²) in [6.45, 7) is 4.10. The molecule has 0 fully saturated rings. The highest BCUT2D eigenvalue weighted by Gasteiger charge is 2.25. The Morgan fingerprint density at radius 1 is 0.800 bits per heavy atom. The number of nitrogens with zero attached hydrogens (tertiary/aromatic N) is 2. The molecular formula is C16H8Br2Cl2N2S3. The lowest BCUT2D eigenvalue weighted by Gasteiger charge is -2.10. The Balaban J connectivity index is 2.07. The van der Waals surface area contributed by atoms with Crippen LogP contribution in [0.2, 0.25) is 10.0 Å². The van der Waals surface area contributed by atoms with Gasteiger partial charge in [0.05, 0.1) is 29.3 Å². The smallest absolute Gasteiger partial charge is 0.115 e. The zero-order valence-electron chi connectivity index (χ0n) is 12.8. The van der Waals surface area contributed by atoms with Crippen molar-refractivity contribution in [1.82, 2.24) is 8.75 Å². The van der Waals surface area contributed by atoms with Crippen LogP contribution in [0.5, 0.6) is 0 Å². The SMILES string of the molecule is Cc1cc(-c2c(Cl)c(Cl)c(-c3cc(C)c(Br)s3)c3nsnc23)sc1Br. The summed E-state index contributed by atoms with van der Waals surface area (Å²) in [5.74, 6) is 0. The average Bonchev–Trinajstić information content (AvgIpc) is 3.23. The molecule has 0 N–H and O–H groups in total. The molecule has 0 aliphatic rings. The molecule has 3 aromatic heterocycles. The number of fused-ring (bicyclic) bond motifs is 1. The number of benzene rings is 1. The van der Waals surface area contributed by atoms with Gasteiger partial charge in [0.1, 0.15) is 11.0 Å². The lowest BCUT2D eigenvalue weighted by molar-refractivity contribution is 1.52. The molecule has 0 radical (unpaired) electrons. The summed E-state index contributed by atoms with van der Waals surface area (Å²) in [5, 5.41) is 1.04. The molecule has 0 atom stereocenters. The monoisotopic (exact) mass is 552 g/mol. The highest BCUT2D eigenvalue weighted by Crippen LogP contribution is 2.50. The van der Waals surface area contributed by atoms with E-state index >= 15 is 0 Å². The van der Waals surface area contributed by atoms with Crippen LogP contribution in [0, 0.1) is 13.8 Å². The van der Waals surface area contributed by atoms with Gasteiger partial charge < -0.3 is 0 Å². The second-order valence-electron chi connectivity index (χ2n) is 5.47. The number of thiophene rings is 2. The Labute approximate surface area is 183 Å². The molecule has 0 amide bonds. The number of aromatic nitrogens is 2. The Morgan fingerprint density at radius 2 is 1.20 bits per heavy atom. The van der Waals surface area contributed by atoms with E-state index in [2.05, 4.69) is 66.6 Å². The molecule has 0 aliphatic heterocycles. The van der Waals surface area contributed by atoms with E-state index in [0.717, 1.165) is 50.6 Å². The minimum Gasteiger partial charge on any atom is -0.172 e. The number of hydrogen-bond acceptors (Lipinski definition) is 5. The van der Waals surface area contributed by atoms with E-state index in [0.29, 0.717) is 10.0 Å². The highest BCUT2D eigenvalue weighted by atomic mass is 79.9. The van der Waals surface area contributed by atoms with Gasteiger partial charge in [-0.3, -0.25) is 0 Å². The quantitative estimate of drug-likeness (QED) is 0.248. The molecule has 128 valence electrons. The molecule has 25 heavy (non-hydrogen) atoms. The van der Waals surface area contributed by atoms with Crippen molar-refractivity contribution < 1.29 is 0 Å². The first-order valence-electron chi connectivity index (χ1n) is 7.04. The summed E-state index contributed by atoms with van der Waals surface area (Å²) in [7, 11) is 0. The fraction of sp³-hybridized carbons (Fsp3) is 0.125. The molecule has 0 spiro atoms. The van der Waals surface area contributed by atoms with Gasteiger partial charge in [0, 0.05) is 20.9 Å². The molecule has 9 heteroatoms. The lowest BCUT2D eigenvalue weighted by atomic mass is 10.0. The zero-order chi connectivity index (χ0) is 17.9. The Kier molecular flexibility index (Phi) is 5.03. The maximum Gasteiger partial charge on any atom is 0.115 e. The average molecular weight is 555 g/mol. The van der Waals surface area contributed by atoms with E-state index < -0.39 is 0 Å². The Bertz CT molecular complexity index is 1010. The van der Waals surface area contributed by atoms with Crippen molar-refractivity contribution in [2.24, 2.45) is 0 Å². The summed E-state index contributed by atoms with van der Waals surface area (Å²) in [5.41, 5.74) is 5.61. The van der Waals surface area contributed by atoms with Crippen molar-refractivity contribution in [2.75, 3.05) is 0 Å². The first-order chi connectivity index (χ1) is 11.9. The maximum atomic E-state index is 6.72. The van der Waals surface area contributed by atoms with Crippen molar-refractivity contribution >= 4 is 100 Å². The van der Waals surface area contributed by atoms with Gasteiger partial charge in [-0.2, -0.15) is 8.75 Å². The minimum atomic E-state index is 0.521. The first-order valence-corrected chi connectivity index (χ1v) is 11.7. The van der Waals surface area contributed by atoms with Gasteiger partial charge in [-0.25, -0.2) is 0 Å². The van der Waals surface area contributed by atoms with E-state index in [1.165, 1.54) is 11.7 Å². The second kappa shape index (κ2) is 6.86. The molecule has 0 saturated heterocycles. The van der Waals surface area contributed by atoms with Crippen LogP contribution in [0.4, 0.5) is 0 Å². The predicted molar refractivity (Wildman–Crippen MR) is 119 cm³/mol. The van der Waals surface area contributed by atoms with Crippen LogP contribution < -0.4 is 0 Å². The summed E-state index contributed by atoms with van der Waals surface area (Å²) in [4.78, 5) is 2.06. The first kappa shape index (κ1) is 18.3. The lowest BCUT2D eigenvalue weighted by Crippen LogP contribution is -1.87. The molecule has 0 saturated carbocycles. The van der Waals surface area contributed by atoms with E-state index in [4.69, 9.17) is 23.2 Å². The number of aryl methyl sites for hydroxylation is 2. The van der Waals surface area contributed by atoms with Crippen LogP contribution in [0.25, 0.3) is 31.9 Å². The van der Waals surface area contributed by atoms with Crippen LogP contribution in [-0.4, -0.2) is 8.75 Å². The standard InChI is InChI=1S/C16H8Br2Cl2N2S3/c1-5-3-7(23-15(5)17)9-11(19)12(20)10(14-13(9)21-25-22-14)8-4-6(2)16(18)24-8/h3-4H,1-2H3. The normalized spacial score (nSPS) is 11.6. The van der Waals surface area contributed by atoms with Gasteiger partial charge in [-0.1, -0.05) is 23.2 Å². The van der Waals surface area contributed by atoms with Gasteiger partial charge >= 0.3 is 0 Å². The van der Waals surface area contributed by atoms with Crippen LogP contribution in [0.3, 0.4) is 0 Å². The van der Waals surface area contributed by atoms with Crippen LogP contribution in [-0.2, 0) is 0 Å². The molecule has 3 heterocycles. The van der Waals surface area contributed by atoms with Gasteiger partial charge in [0.25, 0.3) is 0 Å². The molecule has 4 rings (SSSR count). The minimum absolute atomic E-state index is 0.521. The van der Waals surface area contributed by atoms with Crippen molar-refractivity contribution in [1.29, 1.82) is 0 Å². The van der Waals surface area contributed by atoms with Gasteiger partial charge in [0.2, 0.25) is 0 Å². The van der Waals surface area contributed by atoms with Crippen molar-refractivity contribution in [3.05, 3.63) is 40.9 Å². The molecule has 0 aliphatic carbocycles. The van der Waals surface area contributed by atoms with Crippen LogP contribution in [0.15, 0.2) is 19.7 Å². The fourth-order valence-electron chi connectivity index (χ4n) is 2.56. The van der Waals surface area contributed by atoms with Gasteiger partial charge in [-0.05, 0) is 69.0 Å². The molecule has 2 nitrogen and oxygen atoms in total. The third kappa shape index (κ3) is 3.02. The summed E-state index contributed by atoms with van der Waals surface area (Å²) in [6, 6.07) is 4.19. The van der Waals surface area contributed by atoms with Crippen LogP contribution >= 0.6 is 89.5 Å². The van der Waals surface area contributed by atoms with Crippen molar-refractivity contribution in [2.45, 2.75) is 13.8 Å². The fourth-order valence-corrected chi connectivity index (χ4v) is 6.98. The summed E-state index contributed by atoms with van der Waals surface area (Å²) < 4.78 is 11.2. The maximum absolute atomic E-state index is 6.72. The zero-order valence-corrected chi connectivity index (χ0v) is 19.9. The Hall–Kier alpha value is -0.0200. The molecular weight excluding hydrogens is 547 g/mol. The Morgan fingerprint density at radius 3 is 1.52 bits per heavy atom. The predicted octanol–water partition coefficient (Wildman–Crippen LogP) is 8.60. The summed E-state index contributed by atoms with van der Waals surface area (Å²) >= 11 is 25.0. The van der Waals surface area contributed by atoms with Gasteiger partial charge in [0.15, 0.2) is 0 Å². The molecule has 0 bridgehead atoms. The molecule has 0 unspecified atom stereocenters. The number of rotatable bonds is 2. The largest absolute Gasteiger partial charge is 0.172 e. The third-order valence-corrected chi connectivity index (χ3v) is 9.49. The van der Waals surface area contributed by atoms with E-state index in [1.807, 2.05) is 0 Å². The van der Waals surface area contributed by atoms with Crippen LogP contribution in [0.1, 0.15) is 11.1 Å². The van der Waals surface area contributed by atoms with Gasteiger partial charge in [-0.15, -0.1) is 22.7 Å². The molecule has 4 aromatic rings. The third-order valence-electron chi connectivity index (χ3n) is 3.80. The van der Waals surface area contributed by atoms with E-state index in [-0.39, 0.29) is 0 Å². The number of hydrogen-bond donors (Lipinski definition) is 0. The number of halogens is 4. The topological polar surface area (TPSA) is 25.8 Å². The molecule has 1 aromatic carbocycles. The summed E-state index contributed by atoms with van der Waals surface area (Å²) in [6.07, 6.45) is 0.